The highest BCUT2D eigenvalue weighted by Crippen LogP contribution is 2.34. The first-order valence-electron chi connectivity index (χ1n) is 8.05. The highest BCUT2D eigenvalue weighted by molar-refractivity contribution is 9.10. The van der Waals surface area contributed by atoms with Crippen molar-refractivity contribution < 1.29 is 4.79 Å². The van der Waals surface area contributed by atoms with Crippen LogP contribution in [0.25, 0.3) is 0 Å². The number of hydrogen-bond acceptors (Lipinski definition) is 2. The zero-order valence-corrected chi connectivity index (χ0v) is 13.9. The number of nitrogens with one attached hydrogen (secondary N) is 1. The van der Waals surface area contributed by atoms with Crippen LogP contribution in [0, 0.1) is 0 Å². The smallest absolute Gasteiger partial charge is 0.240 e. The van der Waals surface area contributed by atoms with Gasteiger partial charge in [-0.2, -0.15) is 0 Å². The minimum absolute atomic E-state index is 0.0280. The van der Waals surface area contributed by atoms with Crippen LogP contribution in [0.1, 0.15) is 50.1 Å². The number of benzene rings is 1. The maximum Gasteiger partial charge on any atom is 0.240 e. The maximum atomic E-state index is 12.9. The molecule has 21 heavy (non-hydrogen) atoms. The van der Waals surface area contributed by atoms with E-state index in [2.05, 4.69) is 44.3 Å². The molecule has 1 aromatic carbocycles. The van der Waals surface area contributed by atoms with Gasteiger partial charge < -0.3 is 10.2 Å². The fraction of sp³-hybridized carbons (Fsp3) is 0.588. The summed E-state index contributed by atoms with van der Waals surface area (Å²) in [6.07, 6.45) is 6.77. The van der Waals surface area contributed by atoms with Crippen LogP contribution in [-0.4, -0.2) is 29.9 Å². The van der Waals surface area contributed by atoms with Crippen molar-refractivity contribution in [1.29, 1.82) is 0 Å². The van der Waals surface area contributed by atoms with Gasteiger partial charge >= 0.3 is 0 Å². The Kier molecular flexibility index (Phi) is 4.96. The third-order valence-electron chi connectivity index (χ3n) is 4.63. The standard InChI is InChI=1S/C17H23BrN2O/c18-14-7-4-6-13(12-14)16-9-5-11-20(16)17(21)15-8-2-1-3-10-19-15/h4,6-7,12,15-16,19H,1-3,5,8-11H2. The van der Waals surface area contributed by atoms with Crippen LogP contribution in [0.3, 0.4) is 0 Å². The summed E-state index contributed by atoms with van der Waals surface area (Å²) >= 11 is 3.54. The lowest BCUT2D eigenvalue weighted by Crippen LogP contribution is -2.45. The van der Waals surface area contributed by atoms with Crippen LogP contribution in [0.5, 0.6) is 0 Å². The molecule has 0 aliphatic carbocycles. The fourth-order valence-corrected chi connectivity index (χ4v) is 3.95. The van der Waals surface area contributed by atoms with E-state index in [9.17, 15) is 4.79 Å². The zero-order chi connectivity index (χ0) is 14.7. The summed E-state index contributed by atoms with van der Waals surface area (Å²) in [6, 6.07) is 8.67. The summed E-state index contributed by atoms with van der Waals surface area (Å²) in [5.41, 5.74) is 1.25. The molecule has 0 saturated carbocycles. The molecule has 2 aliphatic rings. The molecule has 3 nitrogen and oxygen atoms in total. The number of carbonyl (C=O) groups is 1. The zero-order valence-electron chi connectivity index (χ0n) is 12.4. The number of nitrogens with zero attached hydrogens (tertiary/aromatic N) is 1. The van der Waals surface area contributed by atoms with E-state index in [-0.39, 0.29) is 12.1 Å². The van der Waals surface area contributed by atoms with Crippen molar-refractivity contribution in [3.8, 4) is 0 Å². The number of rotatable bonds is 2. The lowest BCUT2D eigenvalue weighted by Gasteiger charge is -2.29. The summed E-state index contributed by atoms with van der Waals surface area (Å²) in [5, 5.41) is 3.44. The molecular weight excluding hydrogens is 328 g/mol. The van der Waals surface area contributed by atoms with Gasteiger partial charge in [-0.05, 0) is 49.9 Å². The van der Waals surface area contributed by atoms with Crippen molar-refractivity contribution in [2.24, 2.45) is 0 Å². The maximum absolute atomic E-state index is 12.9. The highest BCUT2D eigenvalue weighted by Gasteiger charge is 2.33. The predicted molar refractivity (Wildman–Crippen MR) is 88.1 cm³/mol. The first-order valence-corrected chi connectivity index (χ1v) is 8.84. The number of halogens is 1. The Bertz CT molecular complexity index is 497. The van der Waals surface area contributed by atoms with E-state index >= 15 is 0 Å². The third kappa shape index (κ3) is 3.49. The van der Waals surface area contributed by atoms with Gasteiger partial charge in [0.2, 0.25) is 5.91 Å². The first kappa shape index (κ1) is 15.0. The average molecular weight is 351 g/mol. The van der Waals surface area contributed by atoms with E-state index in [4.69, 9.17) is 0 Å². The number of carbonyl (C=O) groups excluding carboxylic acids is 1. The van der Waals surface area contributed by atoms with Crippen LogP contribution in [0.15, 0.2) is 28.7 Å². The van der Waals surface area contributed by atoms with Crippen LogP contribution < -0.4 is 5.32 Å². The second kappa shape index (κ2) is 6.93. The summed E-state index contributed by atoms with van der Waals surface area (Å²) in [6.45, 7) is 1.87. The van der Waals surface area contributed by atoms with E-state index in [1.165, 1.54) is 24.8 Å². The molecule has 0 bridgehead atoms. The second-order valence-electron chi connectivity index (χ2n) is 6.10. The molecule has 1 N–H and O–H groups in total. The van der Waals surface area contributed by atoms with Gasteiger partial charge in [0, 0.05) is 11.0 Å². The molecule has 2 fully saturated rings. The molecule has 2 unspecified atom stereocenters. The largest absolute Gasteiger partial charge is 0.334 e. The molecule has 2 saturated heterocycles. The average Bonchev–Trinajstić information content (AvgIpc) is 2.82. The van der Waals surface area contributed by atoms with Gasteiger partial charge in [-0.25, -0.2) is 0 Å². The molecule has 3 rings (SSSR count). The number of hydrogen-bond donors (Lipinski definition) is 1. The van der Waals surface area contributed by atoms with Crippen LogP contribution in [0.2, 0.25) is 0 Å². The van der Waals surface area contributed by atoms with Crippen molar-refractivity contribution in [1.82, 2.24) is 10.2 Å². The summed E-state index contributed by atoms with van der Waals surface area (Å²) < 4.78 is 1.09. The molecule has 114 valence electrons. The number of amides is 1. The molecule has 2 heterocycles. The molecule has 2 aliphatic heterocycles. The molecule has 1 amide bonds. The molecular formula is C17H23BrN2O. The van der Waals surface area contributed by atoms with Crippen molar-refractivity contribution in [3.63, 3.8) is 0 Å². The van der Waals surface area contributed by atoms with Crippen LogP contribution >= 0.6 is 15.9 Å². The number of likely N-dealkylation sites (tertiary alicyclic amines) is 1. The SMILES string of the molecule is O=C(C1CCCCCN1)N1CCCC1c1cccc(Br)c1. The van der Waals surface area contributed by atoms with Crippen LogP contribution in [0.4, 0.5) is 0 Å². The van der Waals surface area contributed by atoms with Gasteiger partial charge in [0.1, 0.15) is 0 Å². The molecule has 1 aromatic rings. The minimum atomic E-state index is 0.0280. The van der Waals surface area contributed by atoms with Crippen molar-refractivity contribution in [2.45, 2.75) is 50.6 Å². The molecule has 2 atom stereocenters. The fourth-order valence-electron chi connectivity index (χ4n) is 3.53. The Morgan fingerprint density at radius 3 is 2.95 bits per heavy atom. The van der Waals surface area contributed by atoms with Crippen molar-refractivity contribution in [2.75, 3.05) is 13.1 Å². The van der Waals surface area contributed by atoms with Gasteiger partial charge in [0.15, 0.2) is 0 Å². The van der Waals surface area contributed by atoms with E-state index < -0.39 is 0 Å². The van der Waals surface area contributed by atoms with E-state index in [1.807, 2.05) is 6.07 Å². The van der Waals surface area contributed by atoms with Gasteiger partial charge in [-0.1, -0.05) is 40.9 Å². The molecule has 4 heteroatoms. The van der Waals surface area contributed by atoms with E-state index in [0.29, 0.717) is 5.91 Å². The van der Waals surface area contributed by atoms with Crippen molar-refractivity contribution >= 4 is 21.8 Å². The minimum Gasteiger partial charge on any atom is -0.334 e. The highest BCUT2D eigenvalue weighted by atomic mass is 79.9. The van der Waals surface area contributed by atoms with E-state index in [1.54, 1.807) is 0 Å². The van der Waals surface area contributed by atoms with Crippen molar-refractivity contribution in [3.05, 3.63) is 34.3 Å². The first-order chi connectivity index (χ1) is 10.3. The lowest BCUT2D eigenvalue weighted by atomic mass is 10.0. The molecule has 0 aromatic heterocycles. The molecule has 0 radical (unpaired) electrons. The Labute approximate surface area is 135 Å². The third-order valence-corrected chi connectivity index (χ3v) is 5.12. The summed E-state index contributed by atoms with van der Waals surface area (Å²) in [5.74, 6) is 0.305. The lowest BCUT2D eigenvalue weighted by molar-refractivity contribution is -0.134. The predicted octanol–water partition coefficient (Wildman–Crippen LogP) is 3.64. The van der Waals surface area contributed by atoms with Gasteiger partial charge in [-0.3, -0.25) is 4.79 Å². The van der Waals surface area contributed by atoms with Gasteiger partial charge in [-0.15, -0.1) is 0 Å². The second-order valence-corrected chi connectivity index (χ2v) is 7.02. The Morgan fingerprint density at radius 1 is 1.19 bits per heavy atom. The topological polar surface area (TPSA) is 32.3 Å². The van der Waals surface area contributed by atoms with Gasteiger partial charge in [0.25, 0.3) is 0 Å². The summed E-state index contributed by atoms with van der Waals surface area (Å²) in [4.78, 5) is 15.0. The van der Waals surface area contributed by atoms with Crippen LogP contribution in [-0.2, 0) is 4.79 Å². The molecule has 0 spiro atoms. The Morgan fingerprint density at radius 2 is 2.10 bits per heavy atom. The van der Waals surface area contributed by atoms with E-state index in [0.717, 1.165) is 36.8 Å². The Hall–Kier alpha value is -0.870. The summed E-state index contributed by atoms with van der Waals surface area (Å²) in [7, 11) is 0. The van der Waals surface area contributed by atoms with Gasteiger partial charge in [0.05, 0.1) is 12.1 Å². The normalized spacial score (nSPS) is 26.6. The quantitative estimate of drug-likeness (QED) is 0.882. The Balaban J connectivity index is 1.75. The monoisotopic (exact) mass is 350 g/mol.